The monoisotopic (exact) mass is 370 g/mol. The van der Waals surface area contributed by atoms with Gasteiger partial charge in [0.1, 0.15) is 6.61 Å². The maximum atomic E-state index is 10.7. The molecule has 2 aliphatic carbocycles. The average Bonchev–Trinajstić information content (AvgIpc) is 2.98. The van der Waals surface area contributed by atoms with Crippen LogP contribution in [0.5, 0.6) is 0 Å². The molecule has 1 aromatic rings. The largest absolute Gasteiger partial charge is 0.394 e. The van der Waals surface area contributed by atoms with E-state index in [2.05, 4.69) is 53.4 Å². The van der Waals surface area contributed by atoms with Crippen LogP contribution in [0.15, 0.2) is 47.6 Å². The van der Waals surface area contributed by atoms with Gasteiger partial charge in [-0.1, -0.05) is 48.5 Å². The number of allylic oxidation sites excluding steroid dienone is 2. The van der Waals surface area contributed by atoms with E-state index in [0.717, 1.165) is 19.4 Å². The minimum Gasteiger partial charge on any atom is -0.394 e. The van der Waals surface area contributed by atoms with E-state index >= 15 is 0 Å². The third-order valence-corrected chi connectivity index (χ3v) is 6.35. The number of hydrogen-bond acceptors (Lipinski definition) is 4. The van der Waals surface area contributed by atoms with Crippen molar-refractivity contribution in [2.24, 2.45) is 28.8 Å². The molecule has 148 valence electrons. The van der Waals surface area contributed by atoms with Gasteiger partial charge in [-0.3, -0.25) is 0 Å². The van der Waals surface area contributed by atoms with Crippen molar-refractivity contribution >= 4 is 6.21 Å². The lowest BCUT2D eigenvalue weighted by Crippen LogP contribution is -2.33. The Labute approximate surface area is 163 Å². The first-order valence-corrected chi connectivity index (χ1v) is 10.3. The predicted molar refractivity (Wildman–Crippen MR) is 111 cm³/mol. The molecular weight excluding hydrogens is 336 g/mol. The lowest BCUT2D eigenvalue weighted by molar-refractivity contribution is 0.0654. The maximum Gasteiger partial charge on any atom is 0.129 e. The van der Waals surface area contributed by atoms with Crippen LogP contribution >= 0.6 is 0 Å². The number of benzene rings is 1. The van der Waals surface area contributed by atoms with E-state index in [1.165, 1.54) is 12.0 Å². The Balaban J connectivity index is 1.56. The SMILES string of the molecule is C[C@H]1C[C@H](c2ccccc2)C[C@H]2[C@H]1[C@@H](/C=C/C=N/OCCN(C)C)C[C@@H]2O. The van der Waals surface area contributed by atoms with Crippen LogP contribution in [0.2, 0.25) is 0 Å². The Bertz CT molecular complexity index is 629. The van der Waals surface area contributed by atoms with Crippen molar-refractivity contribution in [2.75, 3.05) is 27.2 Å². The van der Waals surface area contributed by atoms with E-state index in [9.17, 15) is 5.11 Å². The van der Waals surface area contributed by atoms with Crippen LogP contribution in [0.25, 0.3) is 0 Å². The fourth-order valence-electron chi connectivity index (χ4n) is 5.12. The van der Waals surface area contributed by atoms with E-state index < -0.39 is 0 Å². The zero-order valence-electron chi connectivity index (χ0n) is 16.9. The Morgan fingerprint density at radius 3 is 2.70 bits per heavy atom. The van der Waals surface area contributed by atoms with Crippen molar-refractivity contribution < 1.29 is 9.94 Å². The van der Waals surface area contributed by atoms with Crippen LogP contribution in [-0.2, 0) is 4.84 Å². The second-order valence-corrected chi connectivity index (χ2v) is 8.54. The normalized spacial score (nSPS) is 33.8. The van der Waals surface area contributed by atoms with Gasteiger partial charge in [0.05, 0.1) is 12.3 Å². The summed E-state index contributed by atoms with van der Waals surface area (Å²) in [5.74, 6) is 2.60. The Morgan fingerprint density at radius 1 is 1.19 bits per heavy atom. The molecule has 2 saturated carbocycles. The van der Waals surface area contributed by atoms with Gasteiger partial charge in [0.2, 0.25) is 0 Å². The molecular formula is C23H34N2O2. The third kappa shape index (κ3) is 5.20. The van der Waals surface area contributed by atoms with Crippen LogP contribution in [-0.4, -0.2) is 49.6 Å². The van der Waals surface area contributed by atoms with E-state index in [4.69, 9.17) is 4.84 Å². The molecule has 2 aliphatic rings. The quantitative estimate of drug-likeness (QED) is 0.449. The molecule has 2 fully saturated rings. The standard InChI is InChI=1S/C23H34N2O2/c1-17-14-20(18-8-5-4-6-9-18)15-21-22(26)16-19(23(17)21)10-7-11-24-27-13-12-25(2)3/h4-11,17,19-23,26H,12-16H2,1-3H3/b10-7+,24-11+/t17-,19-,20-,21+,22-,23+/m0/s1. The Kier molecular flexibility index (Phi) is 7.08. The molecule has 1 aromatic carbocycles. The van der Waals surface area contributed by atoms with E-state index in [-0.39, 0.29) is 6.10 Å². The summed E-state index contributed by atoms with van der Waals surface area (Å²) < 4.78 is 0. The summed E-state index contributed by atoms with van der Waals surface area (Å²) in [6.07, 6.45) is 8.95. The van der Waals surface area contributed by atoms with Crippen molar-refractivity contribution in [1.82, 2.24) is 4.90 Å². The van der Waals surface area contributed by atoms with Gasteiger partial charge in [-0.25, -0.2) is 0 Å². The number of oxime groups is 1. The number of hydrogen-bond donors (Lipinski definition) is 1. The topological polar surface area (TPSA) is 45.1 Å². The number of likely N-dealkylation sites (N-methyl/N-ethyl adjacent to an activating group) is 1. The third-order valence-electron chi connectivity index (χ3n) is 6.35. The molecule has 3 rings (SSSR count). The lowest BCUT2D eigenvalue weighted by Gasteiger charge is -2.39. The summed E-state index contributed by atoms with van der Waals surface area (Å²) in [4.78, 5) is 7.32. The summed E-state index contributed by atoms with van der Waals surface area (Å²) in [6.45, 7) is 3.83. The summed E-state index contributed by atoms with van der Waals surface area (Å²) >= 11 is 0. The predicted octanol–water partition coefficient (Wildman–Crippen LogP) is 3.93. The van der Waals surface area contributed by atoms with Crippen molar-refractivity contribution in [2.45, 2.75) is 38.2 Å². The highest BCUT2D eigenvalue weighted by Gasteiger charge is 2.47. The van der Waals surface area contributed by atoms with Gasteiger partial charge in [-0.2, -0.15) is 0 Å². The fourth-order valence-corrected chi connectivity index (χ4v) is 5.12. The van der Waals surface area contributed by atoms with Crippen molar-refractivity contribution in [1.29, 1.82) is 0 Å². The minimum atomic E-state index is -0.188. The summed E-state index contributed by atoms with van der Waals surface area (Å²) in [7, 11) is 4.03. The van der Waals surface area contributed by atoms with Gasteiger partial charge in [0, 0.05) is 6.54 Å². The zero-order chi connectivity index (χ0) is 19.2. The molecule has 0 radical (unpaired) electrons. The van der Waals surface area contributed by atoms with E-state index in [0.29, 0.717) is 36.2 Å². The number of nitrogens with zero attached hydrogens (tertiary/aromatic N) is 2. The molecule has 0 aromatic heterocycles. The molecule has 4 heteroatoms. The number of fused-ring (bicyclic) bond motifs is 1. The number of rotatable bonds is 7. The van der Waals surface area contributed by atoms with Gasteiger partial charge >= 0.3 is 0 Å². The molecule has 0 saturated heterocycles. The van der Waals surface area contributed by atoms with Crippen LogP contribution in [0.1, 0.15) is 37.7 Å². The smallest absolute Gasteiger partial charge is 0.129 e. The maximum absolute atomic E-state index is 10.7. The van der Waals surface area contributed by atoms with Crippen molar-refractivity contribution in [3.8, 4) is 0 Å². The van der Waals surface area contributed by atoms with Crippen LogP contribution in [0, 0.1) is 23.7 Å². The van der Waals surface area contributed by atoms with Gasteiger partial charge in [-0.15, -0.1) is 0 Å². The first-order chi connectivity index (χ1) is 13.1. The first kappa shape index (κ1) is 20.1. The molecule has 1 N–H and O–H groups in total. The summed E-state index contributed by atoms with van der Waals surface area (Å²) in [5, 5.41) is 14.7. The average molecular weight is 371 g/mol. The molecule has 0 unspecified atom stereocenters. The Morgan fingerprint density at radius 2 is 1.96 bits per heavy atom. The van der Waals surface area contributed by atoms with Crippen molar-refractivity contribution in [3.05, 3.63) is 48.0 Å². The highest BCUT2D eigenvalue weighted by atomic mass is 16.6. The Hall–Kier alpha value is -1.65. The first-order valence-electron chi connectivity index (χ1n) is 10.3. The van der Waals surface area contributed by atoms with E-state index in [1.807, 2.05) is 20.2 Å². The molecule has 0 spiro atoms. The highest BCUT2D eigenvalue weighted by molar-refractivity contribution is 5.70. The molecule has 0 aliphatic heterocycles. The molecule has 6 atom stereocenters. The minimum absolute atomic E-state index is 0.188. The van der Waals surface area contributed by atoms with Gasteiger partial charge in [-0.05, 0) is 74.6 Å². The number of aliphatic hydroxyl groups excluding tert-OH is 1. The van der Waals surface area contributed by atoms with Crippen LogP contribution in [0.4, 0.5) is 0 Å². The van der Waals surface area contributed by atoms with Gasteiger partial charge in [0.25, 0.3) is 0 Å². The lowest BCUT2D eigenvalue weighted by atomic mass is 9.65. The second kappa shape index (κ2) is 9.52. The van der Waals surface area contributed by atoms with Crippen LogP contribution < -0.4 is 0 Å². The molecule has 0 bridgehead atoms. The fraction of sp³-hybridized carbons (Fsp3) is 0.609. The molecule has 4 nitrogen and oxygen atoms in total. The molecule has 0 amide bonds. The zero-order valence-corrected chi connectivity index (χ0v) is 16.9. The van der Waals surface area contributed by atoms with Gasteiger partial charge in [0.15, 0.2) is 0 Å². The van der Waals surface area contributed by atoms with Gasteiger partial charge < -0.3 is 14.8 Å². The number of aliphatic hydroxyl groups is 1. The summed E-state index contributed by atoms with van der Waals surface area (Å²) in [6, 6.07) is 10.8. The molecule has 0 heterocycles. The summed E-state index contributed by atoms with van der Waals surface area (Å²) in [5.41, 5.74) is 1.43. The van der Waals surface area contributed by atoms with Crippen molar-refractivity contribution in [3.63, 3.8) is 0 Å². The van der Waals surface area contributed by atoms with Crippen LogP contribution in [0.3, 0.4) is 0 Å². The second-order valence-electron chi connectivity index (χ2n) is 8.54. The van der Waals surface area contributed by atoms with E-state index in [1.54, 1.807) is 6.21 Å². The molecule has 27 heavy (non-hydrogen) atoms. The highest BCUT2D eigenvalue weighted by Crippen LogP contribution is 2.53.